The third kappa shape index (κ3) is 3.45. The van der Waals surface area contributed by atoms with Crippen LogP contribution in [0.3, 0.4) is 0 Å². The fraction of sp³-hybridized carbons (Fsp3) is 0.400. The van der Waals surface area contributed by atoms with Crippen LogP contribution in [0.25, 0.3) is 0 Å². The number of rotatable bonds is 3. The van der Waals surface area contributed by atoms with Crippen molar-refractivity contribution in [2.75, 3.05) is 31.6 Å². The van der Waals surface area contributed by atoms with E-state index in [1.165, 1.54) is 6.07 Å². The number of H-pyrrole nitrogens is 1. The van der Waals surface area contributed by atoms with E-state index in [1.54, 1.807) is 18.9 Å². The Hall–Kier alpha value is -2.76. The van der Waals surface area contributed by atoms with Crippen LogP contribution < -0.4 is 15.1 Å². The Balaban J connectivity index is 1.76. The van der Waals surface area contributed by atoms with Crippen molar-refractivity contribution in [2.45, 2.75) is 26.8 Å². The van der Waals surface area contributed by atoms with Gasteiger partial charge in [-0.25, -0.2) is 0 Å². The van der Waals surface area contributed by atoms with Crippen LogP contribution in [0, 0.1) is 13.8 Å². The van der Waals surface area contributed by atoms with E-state index in [-0.39, 0.29) is 22.9 Å². The molecule has 138 valence electrons. The minimum atomic E-state index is -0.214. The fourth-order valence-corrected chi connectivity index (χ4v) is 3.54. The second-order valence-corrected chi connectivity index (χ2v) is 6.81. The maximum atomic E-state index is 13.0. The minimum absolute atomic E-state index is 0.0125. The number of carbonyl (C=O) groups is 1. The van der Waals surface area contributed by atoms with Gasteiger partial charge in [0.1, 0.15) is 11.3 Å². The van der Waals surface area contributed by atoms with Crippen LogP contribution in [0.15, 0.2) is 35.1 Å². The van der Waals surface area contributed by atoms with Crippen LogP contribution in [0.4, 0.5) is 5.69 Å². The van der Waals surface area contributed by atoms with Crippen molar-refractivity contribution in [3.63, 3.8) is 0 Å². The molecular weight excluding hydrogens is 330 g/mol. The first-order chi connectivity index (χ1) is 12.4. The topological polar surface area (TPSA) is 65.6 Å². The van der Waals surface area contributed by atoms with Crippen molar-refractivity contribution in [1.82, 2.24) is 9.88 Å². The number of hydrogen-bond donors (Lipinski definition) is 1. The molecule has 1 N–H and O–H groups in total. The highest BCUT2D eigenvalue weighted by Gasteiger charge is 2.30. The number of aryl methyl sites for hydroxylation is 2. The Kier molecular flexibility index (Phi) is 5.02. The van der Waals surface area contributed by atoms with Crippen molar-refractivity contribution in [3.8, 4) is 5.75 Å². The summed E-state index contributed by atoms with van der Waals surface area (Å²) in [6.45, 7) is 7.65. The van der Waals surface area contributed by atoms with Gasteiger partial charge < -0.3 is 19.5 Å². The number of anilines is 1. The number of benzene rings is 1. The van der Waals surface area contributed by atoms with Gasteiger partial charge in [-0.15, -0.1) is 0 Å². The summed E-state index contributed by atoms with van der Waals surface area (Å²) in [6.07, 6.45) is 0. The summed E-state index contributed by atoms with van der Waals surface area (Å²) < 4.78 is 5.20. The van der Waals surface area contributed by atoms with Crippen LogP contribution in [-0.4, -0.2) is 48.6 Å². The van der Waals surface area contributed by atoms with Gasteiger partial charge in [0.15, 0.2) is 5.43 Å². The molecule has 0 bridgehead atoms. The normalized spacial score (nSPS) is 17.3. The Morgan fingerprint density at radius 3 is 2.46 bits per heavy atom. The lowest BCUT2D eigenvalue weighted by molar-refractivity contribution is 0.0671. The maximum Gasteiger partial charge on any atom is 0.259 e. The number of methoxy groups -OCH3 is 1. The number of pyridine rings is 1. The van der Waals surface area contributed by atoms with Gasteiger partial charge in [0.05, 0.1) is 7.11 Å². The molecule has 2 heterocycles. The molecule has 2 aromatic rings. The number of aromatic amines is 1. The Bertz CT molecular complexity index is 858. The summed E-state index contributed by atoms with van der Waals surface area (Å²) >= 11 is 0. The summed E-state index contributed by atoms with van der Waals surface area (Å²) in [5.41, 5.74) is 2.54. The lowest BCUT2D eigenvalue weighted by Crippen LogP contribution is -2.54. The molecule has 1 fully saturated rings. The van der Waals surface area contributed by atoms with Crippen molar-refractivity contribution in [2.24, 2.45) is 0 Å². The van der Waals surface area contributed by atoms with Crippen molar-refractivity contribution < 1.29 is 9.53 Å². The molecule has 26 heavy (non-hydrogen) atoms. The van der Waals surface area contributed by atoms with E-state index in [1.807, 2.05) is 38.1 Å². The molecule has 3 rings (SSSR count). The molecule has 0 radical (unpaired) electrons. The zero-order valence-electron chi connectivity index (χ0n) is 15.7. The van der Waals surface area contributed by atoms with E-state index < -0.39 is 0 Å². The standard InChI is InChI=1S/C20H25N3O3/c1-13-11-18(24)19(15(3)21-13)20(25)23-10-9-22(12-14(23)2)16-5-7-17(26-4)8-6-16/h5-8,11,14H,9-10,12H2,1-4H3,(H,21,24)/t14-/m0/s1. The maximum absolute atomic E-state index is 13.0. The predicted octanol–water partition coefficient (Wildman–Crippen LogP) is 2.35. The number of aromatic nitrogens is 1. The Labute approximate surface area is 153 Å². The Morgan fingerprint density at radius 2 is 1.88 bits per heavy atom. The number of amides is 1. The molecule has 1 saturated heterocycles. The first-order valence-electron chi connectivity index (χ1n) is 8.81. The van der Waals surface area contributed by atoms with E-state index in [4.69, 9.17) is 4.74 Å². The fourth-order valence-electron chi connectivity index (χ4n) is 3.54. The molecule has 1 amide bonds. The predicted molar refractivity (Wildman–Crippen MR) is 102 cm³/mol. The van der Waals surface area contributed by atoms with E-state index >= 15 is 0 Å². The minimum Gasteiger partial charge on any atom is -0.497 e. The summed E-state index contributed by atoms with van der Waals surface area (Å²) in [4.78, 5) is 32.4. The second-order valence-electron chi connectivity index (χ2n) is 6.81. The third-order valence-electron chi connectivity index (χ3n) is 4.89. The average Bonchev–Trinajstić information content (AvgIpc) is 2.60. The lowest BCUT2D eigenvalue weighted by Gasteiger charge is -2.41. The van der Waals surface area contributed by atoms with E-state index in [0.717, 1.165) is 30.2 Å². The first kappa shape index (κ1) is 18.0. The Morgan fingerprint density at radius 1 is 1.19 bits per heavy atom. The van der Waals surface area contributed by atoms with Crippen LogP contribution in [0.2, 0.25) is 0 Å². The molecule has 1 aliphatic rings. The highest BCUT2D eigenvalue weighted by atomic mass is 16.5. The number of nitrogens with zero attached hydrogens (tertiary/aromatic N) is 2. The van der Waals surface area contributed by atoms with E-state index in [0.29, 0.717) is 12.2 Å². The zero-order chi connectivity index (χ0) is 18.8. The number of piperazine rings is 1. The molecule has 1 aromatic carbocycles. The van der Waals surface area contributed by atoms with Crippen LogP contribution >= 0.6 is 0 Å². The summed E-state index contributed by atoms with van der Waals surface area (Å²) in [7, 11) is 1.65. The van der Waals surface area contributed by atoms with Gasteiger partial charge >= 0.3 is 0 Å². The molecule has 1 aromatic heterocycles. The van der Waals surface area contributed by atoms with Gasteiger partial charge in [0, 0.05) is 48.8 Å². The highest BCUT2D eigenvalue weighted by molar-refractivity contribution is 5.95. The van der Waals surface area contributed by atoms with Gasteiger partial charge in [-0.05, 0) is 45.0 Å². The second kappa shape index (κ2) is 7.23. The summed E-state index contributed by atoms with van der Waals surface area (Å²) in [5, 5.41) is 0. The molecule has 6 heteroatoms. The number of nitrogens with one attached hydrogen (secondary N) is 1. The number of carbonyl (C=O) groups excluding carboxylic acids is 1. The van der Waals surface area contributed by atoms with Gasteiger partial charge in [0.25, 0.3) is 5.91 Å². The lowest BCUT2D eigenvalue weighted by atomic mass is 10.1. The van der Waals surface area contributed by atoms with Crippen molar-refractivity contribution in [3.05, 3.63) is 57.5 Å². The summed E-state index contributed by atoms with van der Waals surface area (Å²) in [5.74, 6) is 0.635. The first-order valence-corrected chi connectivity index (χ1v) is 8.81. The molecule has 6 nitrogen and oxygen atoms in total. The van der Waals surface area contributed by atoms with Gasteiger partial charge in [-0.2, -0.15) is 0 Å². The molecule has 0 spiro atoms. The van der Waals surface area contributed by atoms with Gasteiger partial charge in [0.2, 0.25) is 0 Å². The molecule has 0 unspecified atom stereocenters. The third-order valence-corrected chi connectivity index (χ3v) is 4.89. The molecule has 1 atom stereocenters. The average molecular weight is 355 g/mol. The molecule has 1 aliphatic heterocycles. The summed E-state index contributed by atoms with van der Waals surface area (Å²) in [6, 6.07) is 9.42. The number of ether oxygens (including phenoxy) is 1. The largest absolute Gasteiger partial charge is 0.497 e. The molecular formula is C20H25N3O3. The SMILES string of the molecule is COc1ccc(N2CCN(C(=O)c3c(C)[nH]c(C)cc3=O)[C@@H](C)C2)cc1. The van der Waals surface area contributed by atoms with E-state index in [2.05, 4.69) is 9.88 Å². The van der Waals surface area contributed by atoms with Gasteiger partial charge in [-0.3, -0.25) is 9.59 Å². The quantitative estimate of drug-likeness (QED) is 0.918. The van der Waals surface area contributed by atoms with Crippen molar-refractivity contribution in [1.29, 1.82) is 0 Å². The smallest absolute Gasteiger partial charge is 0.259 e. The zero-order valence-corrected chi connectivity index (χ0v) is 15.7. The van der Waals surface area contributed by atoms with E-state index in [9.17, 15) is 9.59 Å². The van der Waals surface area contributed by atoms with Crippen LogP contribution in [0.5, 0.6) is 5.75 Å². The van der Waals surface area contributed by atoms with Crippen LogP contribution in [-0.2, 0) is 0 Å². The number of hydrogen-bond acceptors (Lipinski definition) is 4. The highest BCUT2D eigenvalue weighted by Crippen LogP contribution is 2.23. The molecule has 0 aliphatic carbocycles. The molecule has 0 saturated carbocycles. The van der Waals surface area contributed by atoms with Crippen LogP contribution in [0.1, 0.15) is 28.7 Å². The van der Waals surface area contributed by atoms with Gasteiger partial charge in [-0.1, -0.05) is 0 Å². The monoisotopic (exact) mass is 355 g/mol. The van der Waals surface area contributed by atoms with Crippen molar-refractivity contribution >= 4 is 11.6 Å².